The van der Waals surface area contributed by atoms with Crippen LogP contribution in [0.5, 0.6) is 0 Å². The Labute approximate surface area is 176 Å². The van der Waals surface area contributed by atoms with E-state index in [1.807, 2.05) is 29.3 Å². The maximum atomic E-state index is 12.8. The summed E-state index contributed by atoms with van der Waals surface area (Å²) >= 11 is 0. The van der Waals surface area contributed by atoms with E-state index in [2.05, 4.69) is 63.1 Å². The molecule has 5 heteroatoms. The van der Waals surface area contributed by atoms with E-state index in [1.165, 1.54) is 21.9 Å². The van der Waals surface area contributed by atoms with Gasteiger partial charge in [0, 0.05) is 69.0 Å². The zero-order chi connectivity index (χ0) is 20.3. The molecule has 5 nitrogen and oxygen atoms in total. The molecule has 30 heavy (non-hydrogen) atoms. The minimum absolute atomic E-state index is 0.249. The first-order valence-corrected chi connectivity index (χ1v) is 10.6. The summed E-state index contributed by atoms with van der Waals surface area (Å²) in [4.78, 5) is 21.8. The highest BCUT2D eigenvalue weighted by atomic mass is 16.2. The van der Waals surface area contributed by atoms with Crippen LogP contribution in [0.15, 0.2) is 73.1 Å². The van der Waals surface area contributed by atoms with Gasteiger partial charge in [-0.1, -0.05) is 42.5 Å². The molecule has 2 aromatic heterocycles. The van der Waals surface area contributed by atoms with Crippen molar-refractivity contribution in [3.05, 3.63) is 78.6 Å². The van der Waals surface area contributed by atoms with E-state index in [0.717, 1.165) is 44.8 Å². The number of rotatable bonds is 5. The minimum Gasteiger partial charge on any atom is -0.347 e. The molecule has 4 aromatic rings. The van der Waals surface area contributed by atoms with Gasteiger partial charge >= 0.3 is 0 Å². The first-order valence-electron chi connectivity index (χ1n) is 10.6. The summed E-state index contributed by atoms with van der Waals surface area (Å²) in [5, 5.41) is 2.41. The van der Waals surface area contributed by atoms with E-state index >= 15 is 0 Å². The number of carbonyl (C=O) groups excluding carboxylic acids is 1. The SMILES string of the molecule is O=C(CCn1ccc2ccccc21)N1CCN(Cc2cccc3cccnc23)CC1. The van der Waals surface area contributed by atoms with Gasteiger partial charge in [0.25, 0.3) is 0 Å². The number of para-hydroxylation sites is 2. The van der Waals surface area contributed by atoms with Crippen molar-refractivity contribution in [3.63, 3.8) is 0 Å². The topological polar surface area (TPSA) is 41.4 Å². The number of hydrogen-bond donors (Lipinski definition) is 0. The molecule has 0 aliphatic carbocycles. The van der Waals surface area contributed by atoms with E-state index in [4.69, 9.17) is 0 Å². The van der Waals surface area contributed by atoms with Gasteiger partial charge in [0.2, 0.25) is 5.91 Å². The van der Waals surface area contributed by atoms with Crippen molar-refractivity contribution >= 4 is 27.7 Å². The average molecular weight is 399 g/mol. The van der Waals surface area contributed by atoms with Crippen molar-refractivity contribution in [3.8, 4) is 0 Å². The summed E-state index contributed by atoms with van der Waals surface area (Å²) in [7, 11) is 0. The molecule has 1 aliphatic rings. The molecule has 0 N–H and O–H groups in total. The fourth-order valence-electron chi connectivity index (χ4n) is 4.40. The average Bonchev–Trinajstić information content (AvgIpc) is 3.21. The Hall–Kier alpha value is -3.18. The number of hydrogen-bond acceptors (Lipinski definition) is 3. The molecular weight excluding hydrogens is 372 g/mol. The number of aryl methyl sites for hydroxylation is 1. The number of piperazine rings is 1. The van der Waals surface area contributed by atoms with E-state index in [0.29, 0.717) is 6.42 Å². The summed E-state index contributed by atoms with van der Waals surface area (Å²) in [5.41, 5.74) is 3.53. The molecule has 152 valence electrons. The Morgan fingerprint density at radius 1 is 0.867 bits per heavy atom. The Morgan fingerprint density at radius 2 is 1.67 bits per heavy atom. The summed E-state index contributed by atoms with van der Waals surface area (Å²) < 4.78 is 2.18. The van der Waals surface area contributed by atoms with Gasteiger partial charge in [0.05, 0.1) is 5.52 Å². The first kappa shape index (κ1) is 18.8. The van der Waals surface area contributed by atoms with Crippen LogP contribution in [-0.2, 0) is 17.9 Å². The van der Waals surface area contributed by atoms with Crippen LogP contribution in [0.25, 0.3) is 21.8 Å². The van der Waals surface area contributed by atoms with Gasteiger partial charge in [-0.3, -0.25) is 14.7 Å². The highest BCUT2D eigenvalue weighted by Crippen LogP contribution is 2.19. The lowest BCUT2D eigenvalue weighted by Gasteiger charge is -2.35. The smallest absolute Gasteiger partial charge is 0.224 e. The Morgan fingerprint density at radius 3 is 2.57 bits per heavy atom. The molecule has 0 bridgehead atoms. The van der Waals surface area contributed by atoms with Crippen LogP contribution in [0.1, 0.15) is 12.0 Å². The second-order valence-corrected chi connectivity index (χ2v) is 7.97. The molecule has 0 atom stereocenters. The zero-order valence-electron chi connectivity index (χ0n) is 17.1. The molecule has 1 amide bonds. The molecule has 0 saturated carbocycles. The van der Waals surface area contributed by atoms with Gasteiger partial charge in [0.15, 0.2) is 0 Å². The summed E-state index contributed by atoms with van der Waals surface area (Å²) in [5.74, 6) is 0.249. The number of amides is 1. The maximum absolute atomic E-state index is 12.8. The van der Waals surface area contributed by atoms with Crippen LogP contribution in [0.3, 0.4) is 0 Å². The van der Waals surface area contributed by atoms with Gasteiger partial charge < -0.3 is 9.47 Å². The van der Waals surface area contributed by atoms with Crippen LogP contribution in [0.4, 0.5) is 0 Å². The number of benzene rings is 2. The van der Waals surface area contributed by atoms with Crippen LogP contribution in [0.2, 0.25) is 0 Å². The quantitative estimate of drug-likeness (QED) is 0.512. The third-order valence-corrected chi connectivity index (χ3v) is 6.08. The number of fused-ring (bicyclic) bond motifs is 2. The largest absolute Gasteiger partial charge is 0.347 e. The van der Waals surface area contributed by atoms with Crippen molar-refractivity contribution in [1.29, 1.82) is 0 Å². The summed E-state index contributed by atoms with van der Waals surface area (Å²) in [6.07, 6.45) is 4.48. The molecule has 1 aliphatic heterocycles. The fraction of sp³-hybridized carbons (Fsp3) is 0.280. The fourth-order valence-corrected chi connectivity index (χ4v) is 4.40. The number of carbonyl (C=O) groups is 1. The normalized spacial score (nSPS) is 15.1. The second kappa shape index (κ2) is 8.28. The van der Waals surface area contributed by atoms with Crippen LogP contribution >= 0.6 is 0 Å². The van der Waals surface area contributed by atoms with Crippen molar-refractivity contribution in [2.45, 2.75) is 19.5 Å². The molecule has 1 fully saturated rings. The lowest BCUT2D eigenvalue weighted by atomic mass is 10.1. The molecule has 0 spiro atoms. The van der Waals surface area contributed by atoms with Crippen molar-refractivity contribution in [2.24, 2.45) is 0 Å². The highest BCUT2D eigenvalue weighted by molar-refractivity contribution is 5.82. The summed E-state index contributed by atoms with van der Waals surface area (Å²) in [6, 6.07) is 20.9. The van der Waals surface area contributed by atoms with Crippen molar-refractivity contribution in [2.75, 3.05) is 26.2 Å². The Balaban J connectivity index is 1.16. The van der Waals surface area contributed by atoms with E-state index in [-0.39, 0.29) is 5.91 Å². The standard InChI is InChI=1S/C25H26N4O/c30-24(11-14-28-13-10-20-5-1-2-9-23(20)28)29-17-15-27(16-18-29)19-22-7-3-6-21-8-4-12-26-25(21)22/h1-10,12-13H,11,14-19H2. The molecule has 0 radical (unpaired) electrons. The van der Waals surface area contributed by atoms with Crippen molar-refractivity contribution < 1.29 is 4.79 Å². The van der Waals surface area contributed by atoms with Crippen molar-refractivity contribution in [1.82, 2.24) is 19.4 Å². The highest BCUT2D eigenvalue weighted by Gasteiger charge is 2.21. The molecule has 5 rings (SSSR count). The van der Waals surface area contributed by atoms with Crippen LogP contribution in [-0.4, -0.2) is 51.4 Å². The number of pyridine rings is 1. The molecule has 0 unspecified atom stereocenters. The summed E-state index contributed by atoms with van der Waals surface area (Å²) in [6.45, 7) is 5.01. The van der Waals surface area contributed by atoms with E-state index < -0.39 is 0 Å². The minimum atomic E-state index is 0.249. The second-order valence-electron chi connectivity index (χ2n) is 7.97. The maximum Gasteiger partial charge on any atom is 0.224 e. The third-order valence-electron chi connectivity index (χ3n) is 6.08. The molecule has 2 aromatic carbocycles. The first-order chi connectivity index (χ1) is 14.8. The van der Waals surface area contributed by atoms with Crippen LogP contribution in [0, 0.1) is 0 Å². The Bertz CT molecular complexity index is 1170. The van der Waals surface area contributed by atoms with E-state index in [9.17, 15) is 4.79 Å². The van der Waals surface area contributed by atoms with Gasteiger partial charge in [0.1, 0.15) is 0 Å². The molecule has 3 heterocycles. The monoisotopic (exact) mass is 398 g/mol. The van der Waals surface area contributed by atoms with Gasteiger partial charge in [-0.25, -0.2) is 0 Å². The van der Waals surface area contributed by atoms with Crippen LogP contribution < -0.4 is 0 Å². The predicted octanol–water partition coefficient (Wildman–Crippen LogP) is 3.92. The van der Waals surface area contributed by atoms with Gasteiger partial charge in [-0.15, -0.1) is 0 Å². The molecule has 1 saturated heterocycles. The number of aromatic nitrogens is 2. The van der Waals surface area contributed by atoms with Gasteiger partial charge in [-0.2, -0.15) is 0 Å². The lowest BCUT2D eigenvalue weighted by molar-refractivity contribution is -0.133. The molecular formula is C25H26N4O. The zero-order valence-corrected chi connectivity index (χ0v) is 17.1. The van der Waals surface area contributed by atoms with E-state index in [1.54, 1.807) is 0 Å². The third kappa shape index (κ3) is 3.81. The lowest BCUT2D eigenvalue weighted by Crippen LogP contribution is -2.48. The predicted molar refractivity (Wildman–Crippen MR) is 120 cm³/mol. The number of nitrogens with zero attached hydrogens (tertiary/aromatic N) is 4. The Kier molecular flexibility index (Phi) is 5.20. The van der Waals surface area contributed by atoms with Gasteiger partial charge in [-0.05, 0) is 29.1 Å².